The van der Waals surface area contributed by atoms with E-state index < -0.39 is 53.8 Å². The number of rotatable bonds is 13. The zero-order valence-corrected chi connectivity index (χ0v) is 21.1. The molecule has 2 aromatic rings. The quantitative estimate of drug-likeness (QED) is 0.175. The van der Waals surface area contributed by atoms with E-state index in [4.69, 9.17) is 10.8 Å². The molecule has 0 spiro atoms. The first kappa shape index (κ1) is 29.8. The number of amides is 4. The molecule has 0 saturated heterocycles. The zero-order valence-electron chi connectivity index (χ0n) is 21.1. The molecular weight excluding hydrogens is 494 g/mol. The number of carboxylic acids is 1. The first-order valence-electron chi connectivity index (χ1n) is 11.9. The molecule has 0 aromatic heterocycles. The number of carboxylic acid groups (broad SMARTS) is 1. The normalized spacial score (nSPS) is 13.8. The van der Waals surface area contributed by atoms with Gasteiger partial charge in [-0.15, -0.1) is 0 Å². The number of aromatic hydroxyl groups is 1. The van der Waals surface area contributed by atoms with Gasteiger partial charge in [-0.25, -0.2) is 0 Å². The summed E-state index contributed by atoms with van der Waals surface area (Å²) >= 11 is 0. The molecule has 2 aromatic carbocycles. The summed E-state index contributed by atoms with van der Waals surface area (Å²) in [5.74, 6) is -3.85. The van der Waals surface area contributed by atoms with E-state index in [1.807, 2.05) is 6.07 Å². The smallest absolute Gasteiger partial charge is 0.325 e. The highest BCUT2D eigenvalue weighted by Crippen LogP contribution is 2.12. The number of hydrogen-bond acceptors (Lipinski definition) is 7. The predicted molar refractivity (Wildman–Crippen MR) is 138 cm³/mol. The Morgan fingerprint density at radius 3 is 1.76 bits per heavy atom. The highest BCUT2D eigenvalue weighted by molar-refractivity contribution is 5.95. The van der Waals surface area contributed by atoms with Crippen molar-refractivity contribution in [2.45, 2.75) is 50.9 Å². The molecule has 12 nitrogen and oxygen atoms in total. The van der Waals surface area contributed by atoms with E-state index in [-0.39, 0.29) is 25.1 Å². The van der Waals surface area contributed by atoms with Crippen LogP contribution in [-0.4, -0.2) is 70.5 Å². The predicted octanol–water partition coefficient (Wildman–Crippen LogP) is -0.800. The summed E-state index contributed by atoms with van der Waals surface area (Å²) in [4.78, 5) is 61.8. The first-order chi connectivity index (χ1) is 18.0. The number of nitrogens with two attached hydrogens (primary N) is 1. The second-order valence-corrected chi connectivity index (χ2v) is 8.74. The highest BCUT2D eigenvalue weighted by Gasteiger charge is 2.29. The van der Waals surface area contributed by atoms with Crippen molar-refractivity contribution < 1.29 is 34.2 Å². The third-order valence-corrected chi connectivity index (χ3v) is 5.61. The molecule has 0 fully saturated rings. The molecule has 4 atom stereocenters. The van der Waals surface area contributed by atoms with Gasteiger partial charge in [0.2, 0.25) is 23.6 Å². The van der Waals surface area contributed by atoms with Crippen molar-refractivity contribution in [1.82, 2.24) is 21.3 Å². The lowest BCUT2D eigenvalue weighted by Gasteiger charge is -2.25. The van der Waals surface area contributed by atoms with Crippen LogP contribution in [-0.2, 0) is 36.8 Å². The van der Waals surface area contributed by atoms with Gasteiger partial charge in [0.1, 0.15) is 29.9 Å². The van der Waals surface area contributed by atoms with Crippen LogP contribution in [0.25, 0.3) is 0 Å². The minimum absolute atomic E-state index is 0.000609. The fourth-order valence-electron chi connectivity index (χ4n) is 3.44. The number of hydrogen-bond donors (Lipinski definition) is 7. The molecule has 0 saturated carbocycles. The van der Waals surface area contributed by atoms with Gasteiger partial charge < -0.3 is 37.2 Å². The van der Waals surface area contributed by atoms with Gasteiger partial charge in [-0.3, -0.25) is 24.0 Å². The molecule has 2 rings (SSSR count). The Morgan fingerprint density at radius 2 is 1.21 bits per heavy atom. The standard InChI is InChI=1S/C26H33N5O7/c1-15(23(34)29-16(2)26(37)38)28-24(35)21(13-18-8-10-19(32)11-9-18)31-25(36)20(30-22(33)14-27)12-17-6-4-3-5-7-17/h3-11,15-16,20-21,32H,12-14,27H2,1-2H3,(H,28,35)(H,29,34)(H,30,33)(H,31,36)(H,37,38). The summed E-state index contributed by atoms with van der Waals surface area (Å²) in [7, 11) is 0. The number of aliphatic carboxylic acids is 1. The third kappa shape index (κ3) is 9.54. The monoisotopic (exact) mass is 527 g/mol. The third-order valence-electron chi connectivity index (χ3n) is 5.61. The lowest BCUT2D eigenvalue weighted by Crippen LogP contribution is -2.58. The van der Waals surface area contributed by atoms with Crippen molar-refractivity contribution in [3.8, 4) is 5.75 Å². The van der Waals surface area contributed by atoms with E-state index in [1.165, 1.54) is 26.0 Å². The fourth-order valence-corrected chi connectivity index (χ4v) is 3.44. The Bertz CT molecular complexity index is 1120. The largest absolute Gasteiger partial charge is 0.508 e. The van der Waals surface area contributed by atoms with Crippen molar-refractivity contribution in [3.63, 3.8) is 0 Å². The van der Waals surface area contributed by atoms with Gasteiger partial charge in [0.25, 0.3) is 0 Å². The summed E-state index contributed by atoms with van der Waals surface area (Å²) in [5.41, 5.74) is 6.78. The van der Waals surface area contributed by atoms with Crippen molar-refractivity contribution >= 4 is 29.6 Å². The van der Waals surface area contributed by atoms with Gasteiger partial charge in [-0.2, -0.15) is 0 Å². The van der Waals surface area contributed by atoms with Gasteiger partial charge in [-0.1, -0.05) is 42.5 Å². The summed E-state index contributed by atoms with van der Waals surface area (Å²) in [6.45, 7) is 2.32. The molecule has 0 aliphatic carbocycles. The Labute approximate surface area is 220 Å². The molecule has 4 amide bonds. The van der Waals surface area contributed by atoms with Crippen LogP contribution in [0.3, 0.4) is 0 Å². The molecule has 0 aliphatic heterocycles. The lowest BCUT2D eigenvalue weighted by atomic mass is 10.0. The van der Waals surface area contributed by atoms with Crippen molar-refractivity contribution in [3.05, 3.63) is 65.7 Å². The maximum absolute atomic E-state index is 13.3. The Kier molecular flexibility index (Phi) is 11.2. The maximum atomic E-state index is 13.3. The first-order valence-corrected chi connectivity index (χ1v) is 11.9. The van der Waals surface area contributed by atoms with Crippen LogP contribution < -0.4 is 27.0 Å². The number of phenols is 1. The minimum atomic E-state index is -1.24. The van der Waals surface area contributed by atoms with E-state index >= 15 is 0 Å². The van der Waals surface area contributed by atoms with Gasteiger partial charge >= 0.3 is 5.97 Å². The van der Waals surface area contributed by atoms with Crippen LogP contribution in [0.2, 0.25) is 0 Å². The topological polar surface area (TPSA) is 200 Å². The summed E-state index contributed by atoms with van der Waals surface area (Å²) < 4.78 is 0. The van der Waals surface area contributed by atoms with E-state index in [0.717, 1.165) is 5.56 Å². The molecule has 0 radical (unpaired) electrons. The van der Waals surface area contributed by atoms with Crippen LogP contribution in [0.4, 0.5) is 0 Å². The molecular formula is C26H33N5O7. The van der Waals surface area contributed by atoms with Gasteiger partial charge in [0.15, 0.2) is 0 Å². The molecule has 12 heteroatoms. The van der Waals surface area contributed by atoms with E-state index in [1.54, 1.807) is 36.4 Å². The van der Waals surface area contributed by atoms with Crippen LogP contribution >= 0.6 is 0 Å². The lowest BCUT2D eigenvalue weighted by molar-refractivity contribution is -0.141. The maximum Gasteiger partial charge on any atom is 0.325 e. The average Bonchev–Trinajstić information content (AvgIpc) is 2.89. The summed E-state index contributed by atoms with van der Waals surface area (Å²) in [5, 5.41) is 28.5. The SMILES string of the molecule is CC(NC(=O)C(C)NC(=O)C(Cc1ccc(O)cc1)NC(=O)C(Cc1ccccc1)NC(=O)CN)C(=O)O. The van der Waals surface area contributed by atoms with E-state index in [9.17, 15) is 29.1 Å². The number of carbonyl (C=O) groups is 5. The van der Waals surface area contributed by atoms with Crippen LogP contribution in [0, 0.1) is 0 Å². The molecule has 204 valence electrons. The summed E-state index contributed by atoms with van der Waals surface area (Å²) in [6.07, 6.45) is 0.137. The summed E-state index contributed by atoms with van der Waals surface area (Å²) in [6, 6.07) is 10.5. The molecule has 0 aliphatic rings. The number of nitrogens with one attached hydrogen (secondary N) is 4. The van der Waals surface area contributed by atoms with Crippen LogP contribution in [0.1, 0.15) is 25.0 Å². The van der Waals surface area contributed by atoms with Crippen molar-refractivity contribution in [2.24, 2.45) is 5.73 Å². The van der Waals surface area contributed by atoms with Crippen LogP contribution in [0.5, 0.6) is 5.75 Å². The van der Waals surface area contributed by atoms with Crippen LogP contribution in [0.15, 0.2) is 54.6 Å². The minimum Gasteiger partial charge on any atom is -0.508 e. The van der Waals surface area contributed by atoms with Gasteiger partial charge in [-0.05, 0) is 37.1 Å². The Morgan fingerprint density at radius 1 is 0.711 bits per heavy atom. The van der Waals surface area contributed by atoms with Crippen molar-refractivity contribution in [2.75, 3.05) is 6.54 Å². The number of phenolic OH excluding ortho intramolecular Hbond substituents is 1. The zero-order chi connectivity index (χ0) is 28.2. The molecule has 0 bridgehead atoms. The Hall–Kier alpha value is -4.45. The number of carbonyl (C=O) groups excluding carboxylic acids is 4. The van der Waals surface area contributed by atoms with E-state index in [0.29, 0.717) is 5.56 Å². The number of benzene rings is 2. The molecule has 4 unspecified atom stereocenters. The highest BCUT2D eigenvalue weighted by atomic mass is 16.4. The second kappa shape index (κ2) is 14.3. The average molecular weight is 528 g/mol. The molecule has 0 heterocycles. The van der Waals surface area contributed by atoms with E-state index in [2.05, 4.69) is 21.3 Å². The fraction of sp³-hybridized carbons (Fsp3) is 0.346. The van der Waals surface area contributed by atoms with Gasteiger partial charge in [0, 0.05) is 12.8 Å². The van der Waals surface area contributed by atoms with Gasteiger partial charge in [0.05, 0.1) is 6.54 Å². The molecule has 8 N–H and O–H groups in total. The molecule has 38 heavy (non-hydrogen) atoms. The van der Waals surface area contributed by atoms with Crippen molar-refractivity contribution in [1.29, 1.82) is 0 Å². The second-order valence-electron chi connectivity index (χ2n) is 8.74. The Balaban J connectivity index is 2.23.